The molecule has 0 aromatic heterocycles. The molecule has 10 rings (SSSR count). The van der Waals surface area contributed by atoms with Crippen LogP contribution >= 0.6 is 0 Å². The number of hydrogen-bond donors (Lipinski definition) is 6. The Morgan fingerprint density at radius 1 is 0.294 bits per heavy atom. The molecule has 246 valence electrons. The van der Waals surface area contributed by atoms with Gasteiger partial charge >= 0.3 is 0 Å². The lowest BCUT2D eigenvalue weighted by molar-refractivity contribution is 0.123. The minimum Gasteiger partial charge on any atom is -0.508 e. The van der Waals surface area contributed by atoms with Crippen LogP contribution in [0.2, 0.25) is 0 Å². The molecule has 6 heteroatoms. The predicted octanol–water partition coefficient (Wildman–Crippen LogP) is 7.60. The second-order valence-corrected chi connectivity index (χ2v) is 13.7. The Morgan fingerprint density at radius 2 is 0.529 bits per heavy atom. The topological polar surface area (TPSA) is 121 Å². The molecule has 6 nitrogen and oxygen atoms in total. The summed E-state index contributed by atoms with van der Waals surface area (Å²) < 4.78 is 0. The molecular weight excluding hydrogens is 636 g/mol. The predicted molar refractivity (Wildman–Crippen MR) is 193 cm³/mol. The smallest absolute Gasteiger partial charge is 0.142 e. The first-order valence-corrected chi connectivity index (χ1v) is 16.8. The van der Waals surface area contributed by atoms with Crippen molar-refractivity contribution in [1.82, 2.24) is 0 Å². The fourth-order valence-electron chi connectivity index (χ4n) is 9.10. The number of phenols is 3. The van der Waals surface area contributed by atoms with Gasteiger partial charge in [-0.1, -0.05) is 109 Å². The molecule has 0 heterocycles. The van der Waals surface area contributed by atoms with E-state index in [1.54, 1.807) is 72.8 Å². The lowest BCUT2D eigenvalue weighted by Gasteiger charge is -2.34. The SMILES string of the molecule is Oc1ccc(C2(O)c3ccccc3-c3c2c2c(c4c3C(O)(c3ccc(O)cc3)c3ccccc3-4)C(O)(c3ccc(O)cc3)c3ccccc3-2)cc1. The second kappa shape index (κ2) is 9.96. The van der Waals surface area contributed by atoms with Crippen molar-refractivity contribution in [2.24, 2.45) is 0 Å². The number of rotatable bonds is 3. The summed E-state index contributed by atoms with van der Waals surface area (Å²) in [5.41, 5.74) is 3.63. The highest BCUT2D eigenvalue weighted by atomic mass is 16.3. The molecule has 7 aromatic rings. The van der Waals surface area contributed by atoms with E-state index in [2.05, 4.69) is 0 Å². The Hall–Kier alpha value is -6.18. The van der Waals surface area contributed by atoms with Crippen molar-refractivity contribution < 1.29 is 30.6 Å². The molecule has 3 unspecified atom stereocenters. The lowest BCUT2D eigenvalue weighted by atomic mass is 9.73. The van der Waals surface area contributed by atoms with Crippen LogP contribution in [0.5, 0.6) is 17.2 Å². The molecule has 7 aromatic carbocycles. The van der Waals surface area contributed by atoms with Gasteiger partial charge in [-0.05, 0) is 86.5 Å². The van der Waals surface area contributed by atoms with Crippen LogP contribution in [0.15, 0.2) is 146 Å². The summed E-state index contributed by atoms with van der Waals surface area (Å²) in [6.07, 6.45) is 0. The summed E-state index contributed by atoms with van der Waals surface area (Å²) in [5, 5.41) is 71.6. The van der Waals surface area contributed by atoms with Crippen LogP contribution in [0, 0.1) is 0 Å². The van der Waals surface area contributed by atoms with Gasteiger partial charge < -0.3 is 30.6 Å². The van der Waals surface area contributed by atoms with Gasteiger partial charge in [-0.15, -0.1) is 0 Å². The van der Waals surface area contributed by atoms with E-state index < -0.39 is 16.8 Å². The number of fused-ring (bicyclic) bond motifs is 12. The Kier molecular flexibility index (Phi) is 5.80. The highest BCUT2D eigenvalue weighted by molar-refractivity contribution is 6.05. The Morgan fingerprint density at radius 3 is 0.784 bits per heavy atom. The zero-order chi connectivity index (χ0) is 34.9. The third-order valence-corrected chi connectivity index (χ3v) is 11.2. The van der Waals surface area contributed by atoms with E-state index in [4.69, 9.17) is 0 Å². The van der Waals surface area contributed by atoms with E-state index in [0.29, 0.717) is 66.8 Å². The second-order valence-electron chi connectivity index (χ2n) is 13.7. The van der Waals surface area contributed by atoms with E-state index in [1.807, 2.05) is 72.8 Å². The van der Waals surface area contributed by atoms with Gasteiger partial charge in [0, 0.05) is 33.4 Å². The molecule has 0 saturated carbocycles. The number of aromatic hydroxyl groups is 3. The number of benzene rings is 7. The molecule has 0 radical (unpaired) electrons. The van der Waals surface area contributed by atoms with Crippen LogP contribution < -0.4 is 0 Å². The molecular formula is C45H30O6. The van der Waals surface area contributed by atoms with Crippen LogP contribution in [-0.4, -0.2) is 30.6 Å². The van der Waals surface area contributed by atoms with Crippen molar-refractivity contribution in [3.63, 3.8) is 0 Å². The van der Waals surface area contributed by atoms with E-state index >= 15 is 0 Å². The molecule has 6 N–H and O–H groups in total. The van der Waals surface area contributed by atoms with Crippen LogP contribution in [-0.2, 0) is 16.8 Å². The Bertz CT molecular complexity index is 2280. The minimum atomic E-state index is -1.78. The molecule has 0 saturated heterocycles. The molecule has 3 atom stereocenters. The molecule has 0 fully saturated rings. The first-order valence-electron chi connectivity index (χ1n) is 16.8. The maximum Gasteiger partial charge on any atom is 0.142 e. The summed E-state index contributed by atoms with van der Waals surface area (Å²) in [4.78, 5) is 0. The first-order chi connectivity index (χ1) is 24.7. The van der Waals surface area contributed by atoms with Gasteiger partial charge in [-0.25, -0.2) is 0 Å². The maximum absolute atomic E-state index is 13.5. The zero-order valence-corrected chi connectivity index (χ0v) is 27.0. The quantitative estimate of drug-likeness (QED) is 0.116. The molecule has 0 bridgehead atoms. The van der Waals surface area contributed by atoms with E-state index in [0.717, 1.165) is 16.7 Å². The standard InChI is InChI=1S/C45H30O6/c46-28-19-13-25(14-20-28)43(49)34-10-4-1-7-31(34)37-40(43)38-33-9-3-6-12-36(33)45(51,27-17-23-30(48)24-18-27)42(38)39-32-8-2-5-11-35(32)44(50,41(37)39)26-15-21-29(47)22-16-26/h1-24,46-51H. The third-order valence-electron chi connectivity index (χ3n) is 11.2. The summed E-state index contributed by atoms with van der Waals surface area (Å²) in [5.74, 6) is 0.159. The number of aliphatic hydroxyl groups is 3. The van der Waals surface area contributed by atoms with Crippen molar-refractivity contribution in [2.75, 3.05) is 0 Å². The average Bonchev–Trinajstić information content (AvgIpc) is 3.69. The normalized spacial score (nSPS) is 21.7. The first kappa shape index (κ1) is 29.7. The minimum absolute atomic E-state index is 0.0530. The fourth-order valence-corrected chi connectivity index (χ4v) is 9.10. The van der Waals surface area contributed by atoms with Crippen molar-refractivity contribution in [2.45, 2.75) is 16.8 Å². The maximum atomic E-state index is 13.5. The Balaban J connectivity index is 1.48. The van der Waals surface area contributed by atoms with E-state index in [9.17, 15) is 30.6 Å². The van der Waals surface area contributed by atoms with Crippen LogP contribution in [0.3, 0.4) is 0 Å². The van der Waals surface area contributed by atoms with E-state index in [-0.39, 0.29) is 17.2 Å². The number of phenolic OH excluding ortho intramolecular Hbond substituents is 3. The lowest BCUT2D eigenvalue weighted by Crippen LogP contribution is -2.31. The van der Waals surface area contributed by atoms with Crippen molar-refractivity contribution in [3.8, 4) is 50.6 Å². The average molecular weight is 667 g/mol. The number of hydrogen-bond acceptors (Lipinski definition) is 6. The van der Waals surface area contributed by atoms with Crippen LogP contribution in [0.1, 0.15) is 50.1 Å². The third kappa shape index (κ3) is 3.56. The van der Waals surface area contributed by atoms with E-state index in [1.165, 1.54) is 0 Å². The van der Waals surface area contributed by atoms with Gasteiger partial charge in [-0.2, -0.15) is 0 Å². The molecule has 0 amide bonds. The van der Waals surface area contributed by atoms with Gasteiger partial charge in [0.05, 0.1) is 0 Å². The Labute approximate surface area is 293 Å². The molecule has 0 spiro atoms. The van der Waals surface area contributed by atoms with Gasteiger partial charge in [0.25, 0.3) is 0 Å². The van der Waals surface area contributed by atoms with Crippen molar-refractivity contribution in [1.29, 1.82) is 0 Å². The van der Waals surface area contributed by atoms with Crippen LogP contribution in [0.25, 0.3) is 33.4 Å². The zero-order valence-electron chi connectivity index (χ0n) is 27.0. The van der Waals surface area contributed by atoms with Gasteiger partial charge in [0.2, 0.25) is 0 Å². The fraction of sp³-hybridized carbons (Fsp3) is 0.0667. The summed E-state index contributed by atoms with van der Waals surface area (Å²) in [6, 6.07) is 42.4. The highest BCUT2D eigenvalue weighted by Crippen LogP contribution is 2.68. The van der Waals surface area contributed by atoms with Crippen molar-refractivity contribution in [3.05, 3.63) is 196 Å². The summed E-state index contributed by atoms with van der Waals surface area (Å²) >= 11 is 0. The van der Waals surface area contributed by atoms with Gasteiger partial charge in [0.15, 0.2) is 0 Å². The molecule has 3 aliphatic carbocycles. The molecule has 51 heavy (non-hydrogen) atoms. The van der Waals surface area contributed by atoms with Crippen LogP contribution in [0.4, 0.5) is 0 Å². The van der Waals surface area contributed by atoms with Crippen molar-refractivity contribution >= 4 is 0 Å². The summed E-state index contributed by atoms with van der Waals surface area (Å²) in [6.45, 7) is 0. The molecule has 3 aliphatic rings. The van der Waals surface area contributed by atoms with Gasteiger partial charge in [0.1, 0.15) is 34.1 Å². The largest absolute Gasteiger partial charge is 0.508 e. The highest BCUT2D eigenvalue weighted by Gasteiger charge is 2.58. The molecule has 0 aliphatic heterocycles. The monoisotopic (exact) mass is 666 g/mol. The summed E-state index contributed by atoms with van der Waals surface area (Å²) in [7, 11) is 0. The van der Waals surface area contributed by atoms with Gasteiger partial charge in [-0.3, -0.25) is 0 Å².